The third kappa shape index (κ3) is 5.82. The van der Waals surface area contributed by atoms with Gasteiger partial charge in [0.15, 0.2) is 6.61 Å². The van der Waals surface area contributed by atoms with Gasteiger partial charge in [0.2, 0.25) is 17.5 Å². The third-order valence-electron chi connectivity index (χ3n) is 4.69. The summed E-state index contributed by atoms with van der Waals surface area (Å²) in [6.45, 7) is 2.35. The van der Waals surface area contributed by atoms with E-state index in [0.29, 0.717) is 28.8 Å². The Labute approximate surface area is 195 Å². The summed E-state index contributed by atoms with van der Waals surface area (Å²) in [5.74, 6) is 2.01. The minimum absolute atomic E-state index is 0.0121. The summed E-state index contributed by atoms with van der Waals surface area (Å²) in [5.41, 5.74) is 2.03. The van der Waals surface area contributed by atoms with Crippen molar-refractivity contribution < 1.29 is 18.3 Å². The maximum Gasteiger partial charge on any atom is 0.236 e. The molecule has 4 aromatic rings. The average Bonchev–Trinajstić information content (AvgIpc) is 3.23. The summed E-state index contributed by atoms with van der Waals surface area (Å²) in [7, 11) is 0. The summed E-state index contributed by atoms with van der Waals surface area (Å²) in [6.07, 6.45) is 0. The van der Waals surface area contributed by atoms with Crippen LogP contribution in [0.15, 0.2) is 71.1 Å². The number of ether oxygens (including phenoxy) is 2. The maximum absolute atomic E-state index is 13.0. The van der Waals surface area contributed by atoms with Crippen LogP contribution in [-0.2, 0) is 13.2 Å². The number of benzene rings is 3. The normalized spacial score (nSPS) is 10.5. The van der Waals surface area contributed by atoms with Crippen LogP contribution in [0, 0.1) is 24.1 Å². The fraction of sp³-hybridized carbons (Fsp3) is 0.120. The van der Waals surface area contributed by atoms with Crippen molar-refractivity contribution in [2.24, 2.45) is 0 Å². The number of nitrogens with one attached hydrogen (secondary N) is 1. The van der Waals surface area contributed by atoms with Gasteiger partial charge in [-0.3, -0.25) is 0 Å². The molecule has 0 bridgehead atoms. The number of hydrogen-bond donors (Lipinski definition) is 1. The molecule has 0 atom stereocenters. The van der Waals surface area contributed by atoms with E-state index in [0.717, 1.165) is 11.1 Å². The van der Waals surface area contributed by atoms with E-state index in [2.05, 4.69) is 10.3 Å². The molecular weight excluding hydrogens is 445 g/mol. The highest BCUT2D eigenvalue weighted by Gasteiger charge is 2.13. The molecule has 0 fully saturated rings. The van der Waals surface area contributed by atoms with Crippen LogP contribution in [0.5, 0.6) is 17.2 Å². The van der Waals surface area contributed by atoms with E-state index in [1.54, 1.807) is 6.07 Å². The summed E-state index contributed by atoms with van der Waals surface area (Å²) >= 11 is 6.05. The Bertz CT molecular complexity index is 1280. The van der Waals surface area contributed by atoms with E-state index >= 15 is 0 Å². The zero-order valence-electron chi connectivity index (χ0n) is 17.6. The first-order chi connectivity index (χ1) is 16.0. The first-order valence-electron chi connectivity index (χ1n) is 10.0. The lowest BCUT2D eigenvalue weighted by Crippen LogP contribution is -1.99. The van der Waals surface area contributed by atoms with E-state index < -0.39 is 0 Å². The van der Waals surface area contributed by atoms with Gasteiger partial charge >= 0.3 is 0 Å². The van der Waals surface area contributed by atoms with Crippen LogP contribution in [0.4, 0.5) is 10.3 Å². The second-order valence-corrected chi connectivity index (χ2v) is 7.56. The summed E-state index contributed by atoms with van der Waals surface area (Å²) in [5, 5.41) is 13.1. The number of aromatic nitrogens is 1. The van der Waals surface area contributed by atoms with E-state index in [9.17, 15) is 9.65 Å². The third-order valence-corrected chi connectivity index (χ3v) is 5.12. The molecule has 0 aliphatic carbocycles. The highest BCUT2D eigenvalue weighted by atomic mass is 35.5. The fourth-order valence-electron chi connectivity index (χ4n) is 2.97. The van der Waals surface area contributed by atoms with E-state index in [1.807, 2.05) is 49.4 Å². The first-order valence-corrected chi connectivity index (χ1v) is 10.4. The number of hydrogen-bond acceptors (Lipinski definition) is 6. The van der Waals surface area contributed by atoms with Crippen LogP contribution in [0.1, 0.15) is 22.7 Å². The molecule has 0 saturated carbocycles. The van der Waals surface area contributed by atoms with Crippen LogP contribution in [0.2, 0.25) is 5.02 Å². The maximum atomic E-state index is 13.0. The molecule has 0 amide bonds. The summed E-state index contributed by atoms with van der Waals surface area (Å²) < 4.78 is 30.0. The Morgan fingerprint density at radius 2 is 1.73 bits per heavy atom. The topological polar surface area (TPSA) is 80.3 Å². The van der Waals surface area contributed by atoms with Crippen molar-refractivity contribution >= 4 is 17.5 Å². The van der Waals surface area contributed by atoms with Crippen LogP contribution < -0.4 is 14.8 Å². The lowest BCUT2D eigenvalue weighted by molar-refractivity contribution is 0.264. The first kappa shape index (κ1) is 22.2. The average molecular weight is 464 g/mol. The second-order valence-electron chi connectivity index (χ2n) is 7.15. The zero-order chi connectivity index (χ0) is 23.2. The number of anilines is 1. The van der Waals surface area contributed by atoms with Crippen molar-refractivity contribution in [3.63, 3.8) is 0 Å². The van der Waals surface area contributed by atoms with Crippen molar-refractivity contribution in [3.05, 3.63) is 100 Å². The Morgan fingerprint density at radius 1 is 1.03 bits per heavy atom. The molecule has 0 radical (unpaired) electrons. The predicted octanol–water partition coefficient (Wildman–Crippen LogP) is 6.63. The Balaban J connectivity index is 1.34. The van der Waals surface area contributed by atoms with Gasteiger partial charge in [-0.1, -0.05) is 23.7 Å². The van der Waals surface area contributed by atoms with Crippen LogP contribution >= 0.6 is 11.6 Å². The largest absolute Gasteiger partial charge is 0.484 e. The number of halogens is 2. The highest BCUT2D eigenvalue weighted by Crippen LogP contribution is 2.26. The van der Waals surface area contributed by atoms with Gasteiger partial charge in [0, 0.05) is 11.6 Å². The van der Waals surface area contributed by atoms with E-state index in [4.69, 9.17) is 25.5 Å². The molecule has 1 aromatic heterocycles. The lowest BCUT2D eigenvalue weighted by atomic mass is 10.2. The van der Waals surface area contributed by atoms with Crippen LogP contribution in [-0.4, -0.2) is 4.98 Å². The molecule has 8 heteroatoms. The van der Waals surface area contributed by atoms with Gasteiger partial charge in [0.05, 0.1) is 0 Å². The monoisotopic (exact) mass is 463 g/mol. The van der Waals surface area contributed by atoms with Crippen molar-refractivity contribution in [2.75, 3.05) is 5.32 Å². The van der Waals surface area contributed by atoms with Crippen LogP contribution in [0.3, 0.4) is 0 Å². The van der Waals surface area contributed by atoms with Gasteiger partial charge in [0.1, 0.15) is 29.1 Å². The SMILES string of the molecule is Cc1cc(Oc2ccc(CNc3oc(COc4ccc(F)cc4)nc3C#N)cc2)ccc1Cl. The quantitative estimate of drug-likeness (QED) is 0.316. The van der Waals surface area contributed by atoms with E-state index in [-0.39, 0.29) is 29.9 Å². The molecule has 0 aliphatic rings. The highest BCUT2D eigenvalue weighted by molar-refractivity contribution is 6.31. The number of nitriles is 1. The van der Waals surface area contributed by atoms with Crippen molar-refractivity contribution in [1.82, 2.24) is 4.98 Å². The smallest absolute Gasteiger partial charge is 0.236 e. The second kappa shape index (κ2) is 10.1. The van der Waals surface area contributed by atoms with Crippen LogP contribution in [0.25, 0.3) is 0 Å². The summed E-state index contributed by atoms with van der Waals surface area (Å²) in [6, 6.07) is 20.6. The van der Waals surface area contributed by atoms with E-state index in [1.165, 1.54) is 24.3 Å². The Morgan fingerprint density at radius 3 is 2.42 bits per heavy atom. The predicted molar refractivity (Wildman–Crippen MR) is 122 cm³/mol. The van der Waals surface area contributed by atoms with Gasteiger partial charge < -0.3 is 19.2 Å². The molecule has 0 aliphatic heterocycles. The fourth-order valence-corrected chi connectivity index (χ4v) is 3.09. The number of aryl methyl sites for hydroxylation is 1. The minimum atomic E-state index is -0.351. The molecule has 166 valence electrons. The van der Waals surface area contributed by atoms with Crippen molar-refractivity contribution in [1.29, 1.82) is 5.26 Å². The number of rotatable bonds is 8. The molecule has 1 heterocycles. The molecule has 0 unspecified atom stereocenters. The Kier molecular flexibility index (Phi) is 6.77. The molecular formula is C25H19ClFN3O3. The molecule has 33 heavy (non-hydrogen) atoms. The number of nitrogens with zero attached hydrogens (tertiary/aromatic N) is 2. The van der Waals surface area contributed by atoms with Gasteiger partial charge in [-0.25, -0.2) is 4.39 Å². The molecule has 1 N–H and O–H groups in total. The summed E-state index contributed by atoms with van der Waals surface area (Å²) in [4.78, 5) is 4.13. The standard InChI is InChI=1S/C25H19ClFN3O3/c1-16-12-21(10-11-22(16)26)32-20-6-2-17(3-7-20)14-29-25-23(13-28)30-24(33-25)15-31-19-8-4-18(27)5-9-19/h2-12,29H,14-15H2,1H3. The molecule has 4 rings (SSSR count). The Hall–Kier alpha value is -4.02. The van der Waals surface area contributed by atoms with Gasteiger partial charge in [-0.2, -0.15) is 10.2 Å². The lowest BCUT2D eigenvalue weighted by Gasteiger charge is -2.09. The molecule has 3 aromatic carbocycles. The van der Waals surface area contributed by atoms with Crippen molar-refractivity contribution in [3.8, 4) is 23.3 Å². The number of oxazole rings is 1. The molecule has 0 spiro atoms. The molecule has 0 saturated heterocycles. The minimum Gasteiger partial charge on any atom is -0.484 e. The van der Waals surface area contributed by atoms with Gasteiger partial charge in [0.25, 0.3) is 0 Å². The van der Waals surface area contributed by atoms with Gasteiger partial charge in [-0.05, 0) is 72.6 Å². The van der Waals surface area contributed by atoms with Gasteiger partial charge in [-0.15, -0.1) is 0 Å². The van der Waals surface area contributed by atoms with Crippen molar-refractivity contribution in [2.45, 2.75) is 20.1 Å². The zero-order valence-corrected chi connectivity index (χ0v) is 18.4. The molecule has 6 nitrogen and oxygen atoms in total.